The third-order valence-corrected chi connectivity index (χ3v) is 4.92. The van der Waals surface area contributed by atoms with Gasteiger partial charge in [-0.1, -0.05) is 20.8 Å². The van der Waals surface area contributed by atoms with E-state index < -0.39 is 0 Å². The van der Waals surface area contributed by atoms with Crippen molar-refractivity contribution >= 4 is 28.3 Å². The number of anilines is 2. The Kier molecular flexibility index (Phi) is 4.89. The third kappa shape index (κ3) is 4.45. The molecule has 3 rings (SSSR count). The molecular weight excluding hydrogens is 336 g/mol. The molecular formula is C17H24N6OS. The minimum Gasteiger partial charge on any atom is -0.354 e. The minimum atomic E-state index is -0.206. The Hall–Kier alpha value is -2.22. The molecule has 3 heterocycles. The maximum Gasteiger partial charge on any atom is 0.321 e. The molecule has 0 bridgehead atoms. The molecule has 0 atom stereocenters. The maximum atomic E-state index is 11.9. The molecule has 1 aliphatic heterocycles. The van der Waals surface area contributed by atoms with Crippen molar-refractivity contribution < 1.29 is 4.79 Å². The Labute approximate surface area is 151 Å². The molecule has 0 radical (unpaired) electrons. The highest BCUT2D eigenvalue weighted by Gasteiger charge is 2.28. The van der Waals surface area contributed by atoms with Crippen LogP contribution in [0.1, 0.15) is 31.3 Å². The Morgan fingerprint density at radius 3 is 2.64 bits per heavy atom. The third-order valence-electron chi connectivity index (χ3n) is 4.09. The van der Waals surface area contributed by atoms with E-state index in [1.165, 1.54) is 11.3 Å². The summed E-state index contributed by atoms with van der Waals surface area (Å²) in [5, 5.41) is 14.9. The number of carbonyl (C=O) groups is 1. The number of urea groups is 1. The van der Waals surface area contributed by atoms with E-state index >= 15 is 0 Å². The summed E-state index contributed by atoms with van der Waals surface area (Å²) >= 11 is 1.46. The van der Waals surface area contributed by atoms with Crippen molar-refractivity contribution in [3.8, 4) is 0 Å². The molecule has 0 aliphatic carbocycles. The fourth-order valence-electron chi connectivity index (χ4n) is 2.57. The van der Waals surface area contributed by atoms with Crippen LogP contribution in [-0.4, -0.2) is 40.8 Å². The van der Waals surface area contributed by atoms with Crippen LogP contribution in [0.5, 0.6) is 0 Å². The highest BCUT2D eigenvalue weighted by Crippen LogP contribution is 2.24. The molecule has 0 aromatic carbocycles. The summed E-state index contributed by atoms with van der Waals surface area (Å²) in [5.41, 5.74) is 1.00. The van der Waals surface area contributed by atoms with Gasteiger partial charge in [0.05, 0.1) is 5.69 Å². The monoisotopic (exact) mass is 360 g/mol. The molecule has 2 amide bonds. The van der Waals surface area contributed by atoms with E-state index in [2.05, 4.69) is 51.5 Å². The standard InChI is InChI=1S/C17H24N6OS/c1-11-7-19-16(25-11)20-15(24)18-8-12-9-23(10-12)14-6-5-13(21-22-14)17(2,3)4/h5-7,12H,8-10H2,1-4H3,(H2,18,19,20,24). The lowest BCUT2D eigenvalue weighted by atomic mass is 9.92. The van der Waals surface area contributed by atoms with Gasteiger partial charge in [0.25, 0.3) is 0 Å². The van der Waals surface area contributed by atoms with E-state index in [-0.39, 0.29) is 11.4 Å². The van der Waals surface area contributed by atoms with Crippen molar-refractivity contribution in [2.45, 2.75) is 33.1 Å². The number of rotatable bonds is 4. The largest absolute Gasteiger partial charge is 0.354 e. The molecule has 1 aliphatic rings. The van der Waals surface area contributed by atoms with Gasteiger partial charge < -0.3 is 10.2 Å². The van der Waals surface area contributed by atoms with E-state index in [0.29, 0.717) is 17.6 Å². The van der Waals surface area contributed by atoms with E-state index in [0.717, 1.165) is 29.5 Å². The molecule has 7 nitrogen and oxygen atoms in total. The number of amides is 2. The highest BCUT2D eigenvalue weighted by molar-refractivity contribution is 7.15. The number of hydrogen-bond acceptors (Lipinski definition) is 6. The topological polar surface area (TPSA) is 83.0 Å². The first-order chi connectivity index (χ1) is 11.8. The Balaban J connectivity index is 1.41. The van der Waals surface area contributed by atoms with Crippen molar-refractivity contribution in [3.63, 3.8) is 0 Å². The summed E-state index contributed by atoms with van der Waals surface area (Å²) < 4.78 is 0. The first-order valence-electron chi connectivity index (χ1n) is 8.38. The molecule has 1 fully saturated rings. The molecule has 0 saturated carbocycles. The maximum absolute atomic E-state index is 11.9. The van der Waals surface area contributed by atoms with Crippen molar-refractivity contribution in [1.82, 2.24) is 20.5 Å². The van der Waals surface area contributed by atoms with Crippen LogP contribution >= 0.6 is 11.3 Å². The van der Waals surface area contributed by atoms with Crippen LogP contribution in [0.3, 0.4) is 0 Å². The van der Waals surface area contributed by atoms with Gasteiger partial charge in [0, 0.05) is 42.0 Å². The molecule has 2 aromatic rings. The summed E-state index contributed by atoms with van der Waals surface area (Å²) in [6.07, 6.45) is 1.75. The van der Waals surface area contributed by atoms with Gasteiger partial charge in [0.15, 0.2) is 10.9 Å². The first kappa shape index (κ1) is 17.6. The second-order valence-corrected chi connectivity index (χ2v) is 8.64. The molecule has 8 heteroatoms. The van der Waals surface area contributed by atoms with E-state index in [4.69, 9.17) is 0 Å². The van der Waals surface area contributed by atoms with Gasteiger partial charge >= 0.3 is 6.03 Å². The predicted molar refractivity (Wildman–Crippen MR) is 100 cm³/mol. The van der Waals surface area contributed by atoms with Gasteiger partial charge in [-0.05, 0) is 19.1 Å². The normalized spacial score (nSPS) is 15.0. The second-order valence-electron chi connectivity index (χ2n) is 7.41. The second kappa shape index (κ2) is 6.95. The van der Waals surface area contributed by atoms with E-state index in [1.807, 2.05) is 19.1 Å². The minimum absolute atomic E-state index is 0.0102. The zero-order chi connectivity index (χ0) is 18.0. The Morgan fingerprint density at radius 1 is 1.32 bits per heavy atom. The van der Waals surface area contributed by atoms with Crippen molar-refractivity contribution in [1.29, 1.82) is 0 Å². The molecule has 1 saturated heterocycles. The molecule has 2 N–H and O–H groups in total. The van der Waals surface area contributed by atoms with Crippen LogP contribution in [0.2, 0.25) is 0 Å². The SMILES string of the molecule is Cc1cnc(NC(=O)NCC2CN(c3ccc(C(C)(C)C)nn3)C2)s1. The molecule has 0 spiro atoms. The molecule has 25 heavy (non-hydrogen) atoms. The number of hydrogen-bond donors (Lipinski definition) is 2. The van der Waals surface area contributed by atoms with Crippen LogP contribution in [0.25, 0.3) is 0 Å². The van der Waals surface area contributed by atoms with E-state index in [1.54, 1.807) is 6.20 Å². The summed E-state index contributed by atoms with van der Waals surface area (Å²) in [6.45, 7) is 10.7. The smallest absolute Gasteiger partial charge is 0.321 e. The van der Waals surface area contributed by atoms with Gasteiger partial charge in [0.2, 0.25) is 0 Å². The number of nitrogens with one attached hydrogen (secondary N) is 2. The number of nitrogens with zero attached hydrogens (tertiary/aromatic N) is 4. The quantitative estimate of drug-likeness (QED) is 0.876. The summed E-state index contributed by atoms with van der Waals surface area (Å²) in [5.74, 6) is 1.32. The fourth-order valence-corrected chi connectivity index (χ4v) is 3.23. The molecule has 0 unspecified atom stereocenters. The van der Waals surface area contributed by atoms with Gasteiger partial charge in [-0.3, -0.25) is 5.32 Å². The van der Waals surface area contributed by atoms with Crippen LogP contribution in [0, 0.1) is 12.8 Å². The van der Waals surface area contributed by atoms with Crippen molar-refractivity contribution in [2.75, 3.05) is 29.9 Å². The van der Waals surface area contributed by atoms with Crippen LogP contribution < -0.4 is 15.5 Å². The zero-order valence-corrected chi connectivity index (χ0v) is 15.9. The number of carbonyl (C=O) groups excluding carboxylic acids is 1. The number of thiazole rings is 1. The highest BCUT2D eigenvalue weighted by atomic mass is 32.1. The van der Waals surface area contributed by atoms with Gasteiger partial charge in [-0.2, -0.15) is 5.10 Å². The van der Waals surface area contributed by atoms with Gasteiger partial charge in [-0.25, -0.2) is 9.78 Å². The Morgan fingerprint density at radius 2 is 2.08 bits per heavy atom. The lowest BCUT2D eigenvalue weighted by molar-refractivity contribution is 0.248. The van der Waals surface area contributed by atoms with Gasteiger partial charge in [0.1, 0.15) is 0 Å². The number of aryl methyl sites for hydroxylation is 1. The lowest BCUT2D eigenvalue weighted by Crippen LogP contribution is -2.52. The molecule has 134 valence electrons. The van der Waals surface area contributed by atoms with E-state index in [9.17, 15) is 4.79 Å². The predicted octanol–water partition coefficient (Wildman–Crippen LogP) is 2.80. The molecule has 2 aromatic heterocycles. The average Bonchev–Trinajstić information content (AvgIpc) is 2.90. The fraction of sp³-hybridized carbons (Fsp3) is 0.529. The summed E-state index contributed by atoms with van der Waals surface area (Å²) in [6, 6.07) is 3.86. The Bertz CT molecular complexity index is 730. The summed E-state index contributed by atoms with van der Waals surface area (Å²) in [4.78, 5) is 19.2. The van der Waals surface area contributed by atoms with Crippen LogP contribution in [-0.2, 0) is 5.41 Å². The average molecular weight is 360 g/mol. The van der Waals surface area contributed by atoms with Crippen molar-refractivity contribution in [3.05, 3.63) is 28.9 Å². The first-order valence-corrected chi connectivity index (χ1v) is 9.19. The summed E-state index contributed by atoms with van der Waals surface area (Å²) in [7, 11) is 0. The van der Waals surface area contributed by atoms with Gasteiger partial charge in [-0.15, -0.1) is 16.4 Å². The van der Waals surface area contributed by atoms with Crippen molar-refractivity contribution in [2.24, 2.45) is 5.92 Å². The lowest BCUT2D eigenvalue weighted by Gasteiger charge is -2.40. The number of aromatic nitrogens is 3. The van der Waals surface area contributed by atoms with Crippen LogP contribution in [0.15, 0.2) is 18.3 Å². The zero-order valence-electron chi connectivity index (χ0n) is 15.0. The van der Waals surface area contributed by atoms with Crippen LogP contribution in [0.4, 0.5) is 15.7 Å².